The molecular formula is C25H27N8O2S2+. The average Bonchev–Trinajstić information content (AvgIpc) is 3.51. The summed E-state index contributed by atoms with van der Waals surface area (Å²) < 4.78 is 1.88. The zero-order chi connectivity index (χ0) is 25.6. The molecule has 0 spiro atoms. The van der Waals surface area contributed by atoms with E-state index in [0.717, 1.165) is 46.8 Å². The fraction of sp³-hybridized carbons (Fsp3) is 0.360. The summed E-state index contributed by atoms with van der Waals surface area (Å²) in [6.45, 7) is 0. The fourth-order valence-corrected chi connectivity index (χ4v) is 6.55. The van der Waals surface area contributed by atoms with E-state index in [2.05, 4.69) is 35.9 Å². The second-order valence-electron chi connectivity index (χ2n) is 9.05. The van der Waals surface area contributed by atoms with Gasteiger partial charge in [-0.25, -0.2) is 0 Å². The quantitative estimate of drug-likeness (QED) is 0.331. The molecule has 2 atom stereocenters. The van der Waals surface area contributed by atoms with Crippen molar-refractivity contribution < 1.29 is 14.3 Å². The van der Waals surface area contributed by atoms with E-state index >= 15 is 0 Å². The molecule has 0 aromatic carbocycles. The molecule has 2 unspecified atom stereocenters. The number of hydrogen-bond acceptors (Lipinski definition) is 9. The Morgan fingerprint density at radius 3 is 2.22 bits per heavy atom. The monoisotopic (exact) mass is 535 g/mol. The van der Waals surface area contributed by atoms with Crippen LogP contribution in [0.1, 0.15) is 58.7 Å². The molecule has 4 heterocycles. The highest BCUT2D eigenvalue weighted by atomic mass is 32.1. The van der Waals surface area contributed by atoms with Crippen molar-refractivity contribution in [1.29, 1.82) is 0 Å². The van der Waals surface area contributed by atoms with Crippen molar-refractivity contribution >= 4 is 44.8 Å². The topological polar surface area (TPSA) is 127 Å². The van der Waals surface area contributed by atoms with E-state index in [4.69, 9.17) is 0 Å². The summed E-state index contributed by atoms with van der Waals surface area (Å²) in [5, 5.41) is 22.1. The first-order valence-electron chi connectivity index (χ1n) is 12.1. The first-order valence-corrected chi connectivity index (χ1v) is 13.7. The van der Waals surface area contributed by atoms with Crippen molar-refractivity contribution in [2.75, 3.05) is 10.6 Å². The molecule has 10 nitrogen and oxygen atoms in total. The van der Waals surface area contributed by atoms with Gasteiger partial charge in [0, 0.05) is 35.8 Å². The van der Waals surface area contributed by atoms with Gasteiger partial charge in [-0.15, -0.1) is 10.2 Å². The Hall–Kier alpha value is -3.64. The smallest absolute Gasteiger partial charge is 0.269 e. The molecule has 190 valence electrons. The average molecular weight is 536 g/mol. The minimum Gasteiger partial charge on any atom is -0.300 e. The summed E-state index contributed by atoms with van der Waals surface area (Å²) in [5.41, 5.74) is 1.71. The number of nitrogens with zero attached hydrogens (tertiary/aromatic N) is 6. The normalized spacial score (nSPS) is 17.3. The van der Waals surface area contributed by atoms with Crippen molar-refractivity contribution in [1.82, 2.24) is 25.3 Å². The lowest BCUT2D eigenvalue weighted by Crippen LogP contribution is -2.36. The van der Waals surface area contributed by atoms with Crippen LogP contribution in [0.3, 0.4) is 0 Å². The maximum Gasteiger partial charge on any atom is 0.269 e. The third kappa shape index (κ3) is 6.57. The van der Waals surface area contributed by atoms with E-state index in [0.29, 0.717) is 16.2 Å². The van der Waals surface area contributed by atoms with Crippen LogP contribution in [0.4, 0.5) is 10.3 Å². The molecule has 1 saturated carbocycles. The van der Waals surface area contributed by atoms with E-state index in [1.807, 2.05) is 36.0 Å². The Balaban J connectivity index is 1.19. The van der Waals surface area contributed by atoms with Crippen LogP contribution in [-0.2, 0) is 29.5 Å². The molecule has 5 rings (SSSR count). The number of carbonyl (C=O) groups excluding carboxylic acids is 2. The molecule has 0 bridgehead atoms. The number of rotatable bonds is 8. The number of nitrogens with one attached hydrogen (secondary N) is 2. The summed E-state index contributed by atoms with van der Waals surface area (Å²) in [6.07, 6.45) is 11.3. The molecule has 1 fully saturated rings. The molecule has 0 radical (unpaired) electrons. The molecule has 2 amide bonds. The van der Waals surface area contributed by atoms with Gasteiger partial charge < -0.3 is 5.32 Å². The lowest BCUT2D eigenvalue weighted by molar-refractivity contribution is -0.732. The van der Waals surface area contributed by atoms with Crippen LogP contribution in [-0.4, -0.2) is 37.1 Å². The van der Waals surface area contributed by atoms with Gasteiger partial charge in [0.1, 0.15) is 5.01 Å². The summed E-state index contributed by atoms with van der Waals surface area (Å²) in [4.78, 5) is 33.0. The van der Waals surface area contributed by atoms with Gasteiger partial charge in [-0.3, -0.25) is 24.9 Å². The Morgan fingerprint density at radius 2 is 1.57 bits per heavy atom. The number of aryl methyl sites for hydroxylation is 1. The second-order valence-corrected chi connectivity index (χ2v) is 11.1. The van der Waals surface area contributed by atoms with Gasteiger partial charge in [0.25, 0.3) is 10.1 Å². The number of carbonyl (C=O) groups is 2. The van der Waals surface area contributed by atoms with Gasteiger partial charge in [-0.2, -0.15) is 0 Å². The summed E-state index contributed by atoms with van der Waals surface area (Å²) in [6, 6.07) is 7.39. The molecule has 1 aliphatic carbocycles. The second kappa shape index (κ2) is 11.6. The number of hydrogen-bond donors (Lipinski definition) is 2. The first-order chi connectivity index (χ1) is 18.0. The van der Waals surface area contributed by atoms with Crippen molar-refractivity contribution in [3.8, 4) is 0 Å². The molecule has 2 N–H and O–H groups in total. The maximum absolute atomic E-state index is 12.5. The summed E-state index contributed by atoms with van der Waals surface area (Å²) in [5.74, 6) is 0.345. The van der Waals surface area contributed by atoms with Crippen molar-refractivity contribution in [2.24, 2.45) is 7.05 Å². The lowest BCUT2D eigenvalue weighted by atomic mass is 9.82. The predicted octanol–water partition coefficient (Wildman–Crippen LogP) is 3.41. The van der Waals surface area contributed by atoms with Gasteiger partial charge in [-0.1, -0.05) is 34.6 Å². The molecule has 12 heteroatoms. The molecule has 1 aliphatic rings. The molecule has 0 aliphatic heterocycles. The van der Waals surface area contributed by atoms with Crippen molar-refractivity contribution in [3.63, 3.8) is 0 Å². The zero-order valence-corrected chi connectivity index (χ0v) is 22.0. The van der Waals surface area contributed by atoms with Gasteiger partial charge in [0.15, 0.2) is 7.05 Å². The number of anilines is 2. The van der Waals surface area contributed by atoms with E-state index in [9.17, 15) is 9.59 Å². The van der Waals surface area contributed by atoms with Gasteiger partial charge in [0.05, 0.1) is 18.8 Å². The number of pyridine rings is 2. The molecular weight excluding hydrogens is 508 g/mol. The van der Waals surface area contributed by atoms with Gasteiger partial charge >= 0.3 is 0 Å². The van der Waals surface area contributed by atoms with Gasteiger partial charge in [0.2, 0.25) is 16.9 Å². The Morgan fingerprint density at radius 1 is 0.919 bits per heavy atom. The zero-order valence-electron chi connectivity index (χ0n) is 20.3. The Kier molecular flexibility index (Phi) is 7.85. The standard InChI is InChI=1S/C25H26N8O2S2/c1-33-23(37-25(32-33)29-21(35)12-17-6-4-10-27-15-17)19-8-2-7-18(13-19)22-30-31-24(36-22)28-20(34)11-16-5-3-9-26-14-16/h3-6,9-10,14-15,18-19H,2,7-8,11-13H2,1H3,(H-,28,29,31,32,34,35)/p+1. The molecule has 37 heavy (non-hydrogen) atoms. The molecule has 0 saturated heterocycles. The molecule has 4 aromatic rings. The van der Waals surface area contributed by atoms with Crippen molar-refractivity contribution in [3.05, 3.63) is 70.2 Å². The highest BCUT2D eigenvalue weighted by molar-refractivity contribution is 7.15. The minimum absolute atomic E-state index is 0.109. The predicted molar refractivity (Wildman–Crippen MR) is 140 cm³/mol. The SMILES string of the molecule is C[n+]1nc(NC(=O)Cc2cccnc2)sc1C1CCCC(c2nnc(NC(=O)Cc3cccnc3)s2)C1. The maximum atomic E-state index is 12.5. The van der Waals surface area contributed by atoms with E-state index in [1.54, 1.807) is 24.8 Å². The van der Waals surface area contributed by atoms with Crippen LogP contribution in [0.2, 0.25) is 0 Å². The van der Waals surface area contributed by atoms with Crippen LogP contribution in [0.25, 0.3) is 0 Å². The van der Waals surface area contributed by atoms with E-state index < -0.39 is 0 Å². The lowest BCUT2D eigenvalue weighted by Gasteiger charge is -2.24. The highest BCUT2D eigenvalue weighted by Crippen LogP contribution is 2.43. The van der Waals surface area contributed by atoms with Crippen LogP contribution in [0, 0.1) is 0 Å². The first kappa shape index (κ1) is 25.0. The van der Waals surface area contributed by atoms with Crippen molar-refractivity contribution in [2.45, 2.75) is 50.4 Å². The van der Waals surface area contributed by atoms with Crippen LogP contribution < -0.4 is 15.3 Å². The third-order valence-electron chi connectivity index (χ3n) is 6.24. The largest absolute Gasteiger partial charge is 0.300 e. The summed E-state index contributed by atoms with van der Waals surface area (Å²) in [7, 11) is 1.92. The summed E-state index contributed by atoms with van der Waals surface area (Å²) >= 11 is 2.97. The fourth-order valence-electron chi connectivity index (χ4n) is 4.56. The molecule has 4 aromatic heterocycles. The van der Waals surface area contributed by atoms with Gasteiger partial charge in [-0.05, 0) is 53.9 Å². The Bertz CT molecular complexity index is 1360. The van der Waals surface area contributed by atoms with E-state index in [1.165, 1.54) is 22.7 Å². The highest BCUT2D eigenvalue weighted by Gasteiger charge is 2.34. The van der Waals surface area contributed by atoms with Crippen LogP contribution >= 0.6 is 22.7 Å². The van der Waals surface area contributed by atoms with Crippen LogP contribution in [0.5, 0.6) is 0 Å². The Labute approximate surface area is 222 Å². The minimum atomic E-state index is -0.132. The van der Waals surface area contributed by atoms with E-state index in [-0.39, 0.29) is 30.6 Å². The van der Waals surface area contributed by atoms with Crippen LogP contribution in [0.15, 0.2) is 49.1 Å². The third-order valence-corrected chi connectivity index (χ3v) is 8.43. The number of amides is 2. The number of aromatic nitrogens is 6.